The third-order valence-electron chi connectivity index (χ3n) is 3.97. The van der Waals surface area contributed by atoms with Gasteiger partial charge >= 0.3 is 0 Å². The highest BCUT2D eigenvalue weighted by atomic mass is 32.1. The summed E-state index contributed by atoms with van der Waals surface area (Å²) in [5.74, 6) is 0. The van der Waals surface area contributed by atoms with Crippen LogP contribution in [-0.2, 0) is 4.74 Å². The lowest BCUT2D eigenvalue weighted by atomic mass is 9.94. The molecule has 96 valence electrons. The van der Waals surface area contributed by atoms with E-state index in [1.54, 1.807) is 0 Å². The predicted molar refractivity (Wildman–Crippen MR) is 77.0 cm³/mol. The fourth-order valence-corrected chi connectivity index (χ4v) is 3.21. The van der Waals surface area contributed by atoms with E-state index in [4.69, 9.17) is 22.7 Å². The molecule has 0 spiro atoms. The van der Waals surface area contributed by atoms with Crippen molar-refractivity contribution in [2.75, 3.05) is 5.32 Å². The highest BCUT2D eigenvalue weighted by molar-refractivity contribution is 7.80. The number of aryl methyl sites for hydroxylation is 1. The number of nitrogens with two attached hydrogens (primary N) is 1. The average molecular weight is 262 g/mol. The monoisotopic (exact) mass is 262 g/mol. The van der Waals surface area contributed by atoms with Crippen molar-refractivity contribution in [3.8, 4) is 0 Å². The van der Waals surface area contributed by atoms with Crippen LogP contribution in [0.3, 0.4) is 0 Å². The number of para-hydroxylation sites is 1. The summed E-state index contributed by atoms with van der Waals surface area (Å²) in [7, 11) is 0. The summed E-state index contributed by atoms with van der Waals surface area (Å²) in [5, 5.41) is 3.60. The molecule has 0 saturated carbocycles. The molecule has 3 nitrogen and oxygen atoms in total. The molecule has 0 amide bonds. The van der Waals surface area contributed by atoms with E-state index >= 15 is 0 Å². The van der Waals surface area contributed by atoms with Gasteiger partial charge in [-0.3, -0.25) is 0 Å². The van der Waals surface area contributed by atoms with Crippen LogP contribution in [0.2, 0.25) is 0 Å². The largest absolute Gasteiger partial charge is 0.389 e. The van der Waals surface area contributed by atoms with Crippen molar-refractivity contribution in [1.29, 1.82) is 0 Å². The number of nitrogens with one attached hydrogen (secondary N) is 1. The number of ether oxygens (including phenoxy) is 1. The molecule has 2 saturated heterocycles. The van der Waals surface area contributed by atoms with Crippen molar-refractivity contribution >= 4 is 22.9 Å². The lowest BCUT2D eigenvalue weighted by Crippen LogP contribution is -2.31. The topological polar surface area (TPSA) is 47.3 Å². The second-order valence-electron chi connectivity index (χ2n) is 5.22. The molecule has 2 fully saturated rings. The first kappa shape index (κ1) is 11.9. The van der Waals surface area contributed by atoms with E-state index in [1.165, 1.54) is 12.0 Å². The smallest absolute Gasteiger partial charge is 0.106 e. The molecule has 2 aliphatic rings. The van der Waals surface area contributed by atoms with Crippen molar-refractivity contribution in [3.63, 3.8) is 0 Å². The van der Waals surface area contributed by atoms with Crippen molar-refractivity contribution in [2.24, 2.45) is 5.73 Å². The molecule has 1 aromatic carbocycles. The van der Waals surface area contributed by atoms with Crippen LogP contribution in [0.4, 0.5) is 5.69 Å². The highest BCUT2D eigenvalue weighted by Gasteiger charge is 2.40. The molecule has 3 unspecified atom stereocenters. The number of fused-ring (bicyclic) bond motifs is 2. The van der Waals surface area contributed by atoms with E-state index in [0.29, 0.717) is 23.2 Å². The SMILES string of the molecule is Cc1cccc(C(N)=S)c1NC1CC2CCC1O2. The van der Waals surface area contributed by atoms with E-state index in [-0.39, 0.29) is 0 Å². The standard InChI is InChI=1S/C14H18N2OS/c1-8-3-2-4-10(14(15)18)13(8)16-11-7-9-5-6-12(11)17-9/h2-4,9,11-12,16H,5-7H2,1H3,(H2,15,18). The zero-order chi connectivity index (χ0) is 12.7. The maximum atomic E-state index is 5.87. The van der Waals surface area contributed by atoms with E-state index in [0.717, 1.165) is 24.1 Å². The summed E-state index contributed by atoms with van der Waals surface area (Å²) in [6.07, 6.45) is 4.27. The Hall–Kier alpha value is -1.13. The molecular formula is C14H18N2OS. The van der Waals surface area contributed by atoms with E-state index in [2.05, 4.69) is 18.3 Å². The summed E-state index contributed by atoms with van der Waals surface area (Å²) < 4.78 is 5.87. The van der Waals surface area contributed by atoms with Gasteiger partial charge in [0.05, 0.1) is 18.2 Å². The highest BCUT2D eigenvalue weighted by Crippen LogP contribution is 2.37. The van der Waals surface area contributed by atoms with Crippen LogP contribution in [0.5, 0.6) is 0 Å². The summed E-state index contributed by atoms with van der Waals surface area (Å²) in [5.41, 5.74) is 8.99. The van der Waals surface area contributed by atoms with Gasteiger partial charge in [0.25, 0.3) is 0 Å². The lowest BCUT2D eigenvalue weighted by Gasteiger charge is -2.24. The second-order valence-corrected chi connectivity index (χ2v) is 5.66. The zero-order valence-electron chi connectivity index (χ0n) is 10.5. The Kier molecular flexibility index (Phi) is 2.99. The molecule has 3 N–H and O–H groups in total. The van der Waals surface area contributed by atoms with Crippen molar-refractivity contribution < 1.29 is 4.74 Å². The lowest BCUT2D eigenvalue weighted by molar-refractivity contribution is 0.102. The van der Waals surface area contributed by atoms with Crippen LogP contribution in [0.25, 0.3) is 0 Å². The van der Waals surface area contributed by atoms with E-state index in [9.17, 15) is 0 Å². The van der Waals surface area contributed by atoms with Crippen LogP contribution in [0.1, 0.15) is 30.4 Å². The fourth-order valence-electron chi connectivity index (χ4n) is 3.04. The van der Waals surface area contributed by atoms with Gasteiger partial charge in [0.2, 0.25) is 0 Å². The van der Waals surface area contributed by atoms with Crippen LogP contribution in [0, 0.1) is 6.92 Å². The molecule has 2 heterocycles. The Morgan fingerprint density at radius 1 is 1.44 bits per heavy atom. The van der Waals surface area contributed by atoms with Crippen molar-refractivity contribution in [1.82, 2.24) is 0 Å². The molecule has 2 aliphatic heterocycles. The molecule has 18 heavy (non-hydrogen) atoms. The van der Waals surface area contributed by atoms with Crippen LogP contribution in [0.15, 0.2) is 18.2 Å². The average Bonchev–Trinajstić information content (AvgIpc) is 2.93. The molecule has 4 heteroatoms. The normalized spacial score (nSPS) is 29.5. The fraction of sp³-hybridized carbons (Fsp3) is 0.500. The number of hydrogen-bond donors (Lipinski definition) is 2. The predicted octanol–water partition coefficient (Wildman–Crippen LogP) is 2.36. The number of thiocarbonyl (C=S) groups is 1. The van der Waals surface area contributed by atoms with Crippen LogP contribution < -0.4 is 11.1 Å². The Morgan fingerprint density at radius 2 is 2.28 bits per heavy atom. The molecule has 1 aromatic rings. The van der Waals surface area contributed by atoms with Gasteiger partial charge in [-0.25, -0.2) is 0 Å². The Morgan fingerprint density at radius 3 is 2.89 bits per heavy atom. The minimum Gasteiger partial charge on any atom is -0.389 e. The molecule has 0 radical (unpaired) electrons. The summed E-state index contributed by atoms with van der Waals surface area (Å²) in [6.45, 7) is 2.08. The van der Waals surface area contributed by atoms with Gasteiger partial charge in [-0.1, -0.05) is 24.4 Å². The van der Waals surface area contributed by atoms with Gasteiger partial charge in [-0.05, 0) is 37.8 Å². The van der Waals surface area contributed by atoms with E-state index in [1.807, 2.05) is 12.1 Å². The van der Waals surface area contributed by atoms with Gasteiger partial charge in [0, 0.05) is 11.3 Å². The summed E-state index contributed by atoms with van der Waals surface area (Å²) in [4.78, 5) is 0.449. The van der Waals surface area contributed by atoms with Gasteiger partial charge in [0.15, 0.2) is 0 Å². The van der Waals surface area contributed by atoms with Gasteiger partial charge in [0.1, 0.15) is 4.99 Å². The Bertz CT molecular complexity index is 489. The third-order valence-corrected chi connectivity index (χ3v) is 4.19. The van der Waals surface area contributed by atoms with Gasteiger partial charge < -0.3 is 15.8 Å². The number of rotatable bonds is 3. The molecule has 0 aromatic heterocycles. The first-order valence-electron chi connectivity index (χ1n) is 6.46. The van der Waals surface area contributed by atoms with E-state index < -0.39 is 0 Å². The Balaban J connectivity index is 1.86. The molecule has 2 bridgehead atoms. The summed E-state index contributed by atoms with van der Waals surface area (Å²) >= 11 is 5.12. The first-order chi connectivity index (χ1) is 8.65. The maximum Gasteiger partial charge on any atom is 0.106 e. The third kappa shape index (κ3) is 1.99. The van der Waals surface area contributed by atoms with Crippen LogP contribution >= 0.6 is 12.2 Å². The zero-order valence-corrected chi connectivity index (χ0v) is 11.3. The molecule has 0 aliphatic carbocycles. The summed E-state index contributed by atoms with van der Waals surface area (Å²) in [6, 6.07) is 6.45. The molecule has 3 atom stereocenters. The van der Waals surface area contributed by atoms with Crippen molar-refractivity contribution in [3.05, 3.63) is 29.3 Å². The quantitative estimate of drug-likeness (QED) is 0.821. The minimum absolute atomic E-state index is 0.355. The molecular weight excluding hydrogens is 244 g/mol. The van der Waals surface area contributed by atoms with Gasteiger partial charge in [-0.2, -0.15) is 0 Å². The second kappa shape index (κ2) is 4.52. The Labute approximate surface area is 113 Å². The van der Waals surface area contributed by atoms with Crippen molar-refractivity contribution in [2.45, 2.75) is 44.4 Å². The van der Waals surface area contributed by atoms with Gasteiger partial charge in [-0.15, -0.1) is 0 Å². The first-order valence-corrected chi connectivity index (χ1v) is 6.87. The number of anilines is 1. The number of benzene rings is 1. The maximum absolute atomic E-state index is 5.87. The number of hydrogen-bond acceptors (Lipinski definition) is 3. The minimum atomic E-state index is 0.355. The van der Waals surface area contributed by atoms with Crippen LogP contribution in [-0.4, -0.2) is 23.2 Å². The molecule has 3 rings (SSSR count).